The lowest BCUT2D eigenvalue weighted by Crippen LogP contribution is -2.28. The van der Waals surface area contributed by atoms with Crippen LogP contribution in [-0.2, 0) is 15.5 Å². The van der Waals surface area contributed by atoms with Crippen molar-refractivity contribution < 1.29 is 23.0 Å². The fourth-order valence-electron chi connectivity index (χ4n) is 2.08. The second-order valence-electron chi connectivity index (χ2n) is 4.93. The van der Waals surface area contributed by atoms with Crippen molar-refractivity contribution >= 4 is 5.97 Å². The van der Waals surface area contributed by atoms with Crippen molar-refractivity contribution in [2.45, 2.75) is 19.8 Å². The van der Waals surface area contributed by atoms with Crippen molar-refractivity contribution in [3.8, 4) is 17.0 Å². The molecular weight excluding hydrogens is 304 g/mol. The van der Waals surface area contributed by atoms with Crippen LogP contribution in [0.1, 0.15) is 18.1 Å². The van der Waals surface area contributed by atoms with Crippen LogP contribution < -0.4 is 4.74 Å². The Hall–Kier alpha value is -2.50. The number of halogens is 2. The number of carbonyl (C=O) groups is 1. The first-order valence-electron chi connectivity index (χ1n) is 7.06. The lowest BCUT2D eigenvalue weighted by Gasteiger charge is -2.18. The summed E-state index contributed by atoms with van der Waals surface area (Å²) in [4.78, 5) is 15.7. The van der Waals surface area contributed by atoms with E-state index in [4.69, 9.17) is 4.74 Å². The molecule has 4 nitrogen and oxygen atoms in total. The maximum Gasteiger partial charge on any atom is 0.382 e. The molecule has 0 aliphatic rings. The molecule has 6 heteroatoms. The van der Waals surface area contributed by atoms with Gasteiger partial charge in [-0.15, -0.1) is 0 Å². The molecule has 0 saturated carbocycles. The first kappa shape index (κ1) is 16.9. The summed E-state index contributed by atoms with van der Waals surface area (Å²) in [5.41, 5.74) is 1.70. The fourth-order valence-corrected chi connectivity index (χ4v) is 2.08. The molecule has 0 aliphatic heterocycles. The van der Waals surface area contributed by atoms with E-state index >= 15 is 0 Å². The van der Waals surface area contributed by atoms with Crippen LogP contribution in [0.25, 0.3) is 11.3 Å². The van der Waals surface area contributed by atoms with Gasteiger partial charge >= 0.3 is 11.9 Å². The largest absolute Gasteiger partial charge is 0.496 e. The third kappa shape index (κ3) is 3.47. The van der Waals surface area contributed by atoms with E-state index in [1.807, 2.05) is 13.0 Å². The van der Waals surface area contributed by atoms with Crippen molar-refractivity contribution in [3.05, 3.63) is 47.7 Å². The van der Waals surface area contributed by atoms with Crippen molar-refractivity contribution in [1.29, 1.82) is 0 Å². The fraction of sp³-hybridized carbons (Fsp3) is 0.294. The predicted octanol–water partition coefficient (Wildman–Crippen LogP) is 3.72. The minimum absolute atomic E-state index is 0.0945. The highest BCUT2D eigenvalue weighted by atomic mass is 19.3. The van der Waals surface area contributed by atoms with Crippen LogP contribution in [0.2, 0.25) is 0 Å². The Labute approximate surface area is 133 Å². The van der Waals surface area contributed by atoms with Gasteiger partial charge in [0.1, 0.15) is 5.75 Å². The number of pyridine rings is 1. The van der Waals surface area contributed by atoms with Crippen LogP contribution in [0.4, 0.5) is 8.78 Å². The summed E-state index contributed by atoms with van der Waals surface area (Å²) < 4.78 is 37.9. The van der Waals surface area contributed by atoms with E-state index in [1.54, 1.807) is 12.3 Å². The van der Waals surface area contributed by atoms with E-state index < -0.39 is 17.5 Å². The molecule has 0 unspecified atom stereocenters. The molecule has 0 atom stereocenters. The molecular formula is C17H17F2NO3. The highest BCUT2D eigenvalue weighted by Crippen LogP contribution is 2.38. The molecule has 0 saturated heterocycles. The zero-order chi connectivity index (χ0) is 17.0. The van der Waals surface area contributed by atoms with E-state index in [-0.39, 0.29) is 12.4 Å². The van der Waals surface area contributed by atoms with Crippen LogP contribution in [-0.4, -0.2) is 24.7 Å². The molecule has 0 fully saturated rings. The van der Waals surface area contributed by atoms with Crippen molar-refractivity contribution in [2.24, 2.45) is 0 Å². The number of aryl methyl sites for hydroxylation is 1. The van der Waals surface area contributed by atoms with Crippen molar-refractivity contribution in [1.82, 2.24) is 4.98 Å². The van der Waals surface area contributed by atoms with Gasteiger partial charge in [-0.05, 0) is 37.6 Å². The summed E-state index contributed by atoms with van der Waals surface area (Å²) in [6.07, 6.45) is 1.68. The third-order valence-electron chi connectivity index (χ3n) is 3.28. The molecule has 0 radical (unpaired) electrons. The summed E-state index contributed by atoms with van der Waals surface area (Å²) >= 11 is 0. The van der Waals surface area contributed by atoms with Gasteiger partial charge in [0.25, 0.3) is 0 Å². The van der Waals surface area contributed by atoms with Crippen LogP contribution in [0.5, 0.6) is 5.75 Å². The summed E-state index contributed by atoms with van der Waals surface area (Å²) in [6.45, 7) is 3.25. The quantitative estimate of drug-likeness (QED) is 0.788. The van der Waals surface area contributed by atoms with E-state index in [0.29, 0.717) is 11.3 Å². The Kier molecular flexibility index (Phi) is 4.93. The first-order chi connectivity index (χ1) is 10.9. The second kappa shape index (κ2) is 6.73. The van der Waals surface area contributed by atoms with Crippen LogP contribution in [0.3, 0.4) is 0 Å². The molecule has 0 amide bonds. The van der Waals surface area contributed by atoms with Crippen LogP contribution >= 0.6 is 0 Å². The summed E-state index contributed by atoms with van der Waals surface area (Å²) in [7, 11) is 1.27. The van der Waals surface area contributed by atoms with Crippen LogP contribution in [0, 0.1) is 6.92 Å². The van der Waals surface area contributed by atoms with Gasteiger partial charge in [-0.25, -0.2) is 4.79 Å². The SMILES string of the molecule is CCOC(=O)C(F)(F)c1ccc(-c2ccc(C)cn2)cc1OC. The predicted molar refractivity (Wildman–Crippen MR) is 81.5 cm³/mol. The van der Waals surface area contributed by atoms with E-state index in [1.165, 1.54) is 26.2 Å². The molecule has 0 spiro atoms. The summed E-state index contributed by atoms with van der Waals surface area (Å²) in [6, 6.07) is 7.72. The lowest BCUT2D eigenvalue weighted by atomic mass is 10.0. The maximum absolute atomic E-state index is 14.2. The minimum atomic E-state index is -3.78. The number of ether oxygens (including phenoxy) is 2. The molecule has 122 valence electrons. The topological polar surface area (TPSA) is 48.4 Å². The van der Waals surface area contributed by atoms with Gasteiger partial charge in [0.05, 0.1) is 25.0 Å². The first-order valence-corrected chi connectivity index (χ1v) is 7.06. The molecule has 1 heterocycles. The number of aromatic nitrogens is 1. The smallest absolute Gasteiger partial charge is 0.382 e. The molecule has 2 rings (SSSR count). The van der Waals surface area contributed by atoms with Gasteiger partial charge in [-0.2, -0.15) is 8.78 Å². The maximum atomic E-state index is 14.2. The Morgan fingerprint density at radius 3 is 2.57 bits per heavy atom. The van der Waals surface area contributed by atoms with Gasteiger partial charge in [0.2, 0.25) is 0 Å². The monoisotopic (exact) mass is 321 g/mol. The summed E-state index contributed by atoms with van der Waals surface area (Å²) in [5, 5.41) is 0. The van der Waals surface area contributed by atoms with Gasteiger partial charge in [-0.1, -0.05) is 12.1 Å². The molecule has 0 aliphatic carbocycles. The molecule has 23 heavy (non-hydrogen) atoms. The number of carbonyl (C=O) groups excluding carboxylic acids is 1. The second-order valence-corrected chi connectivity index (χ2v) is 4.93. The normalized spacial score (nSPS) is 11.2. The van der Waals surface area contributed by atoms with Gasteiger partial charge in [-0.3, -0.25) is 4.98 Å². The van der Waals surface area contributed by atoms with E-state index in [2.05, 4.69) is 9.72 Å². The van der Waals surface area contributed by atoms with Crippen molar-refractivity contribution in [3.63, 3.8) is 0 Å². The Morgan fingerprint density at radius 2 is 2.00 bits per heavy atom. The standard InChI is InChI=1S/C17H17F2NO3/c1-4-23-16(21)17(18,19)13-7-6-12(9-15(13)22-3)14-8-5-11(2)10-20-14/h5-10H,4H2,1-3H3. The molecule has 0 bridgehead atoms. The zero-order valence-electron chi connectivity index (χ0n) is 13.1. The number of methoxy groups -OCH3 is 1. The van der Waals surface area contributed by atoms with Gasteiger partial charge in [0, 0.05) is 11.8 Å². The number of benzene rings is 1. The zero-order valence-corrected chi connectivity index (χ0v) is 13.1. The Bertz CT molecular complexity index is 699. The number of esters is 1. The summed E-state index contributed by atoms with van der Waals surface area (Å²) in [5.74, 6) is -5.47. The van der Waals surface area contributed by atoms with E-state index in [0.717, 1.165) is 11.6 Å². The minimum Gasteiger partial charge on any atom is -0.496 e. The number of rotatable bonds is 5. The van der Waals surface area contributed by atoms with Crippen molar-refractivity contribution in [2.75, 3.05) is 13.7 Å². The number of hydrogen-bond donors (Lipinski definition) is 0. The third-order valence-corrected chi connectivity index (χ3v) is 3.28. The molecule has 1 aromatic carbocycles. The molecule has 1 aromatic heterocycles. The highest BCUT2D eigenvalue weighted by molar-refractivity contribution is 5.81. The number of hydrogen-bond acceptors (Lipinski definition) is 4. The Morgan fingerprint density at radius 1 is 1.26 bits per heavy atom. The number of alkyl halides is 2. The Balaban J connectivity index is 2.44. The molecule has 2 aromatic rings. The highest BCUT2D eigenvalue weighted by Gasteiger charge is 2.45. The number of nitrogens with zero attached hydrogens (tertiary/aromatic N) is 1. The molecule has 0 N–H and O–H groups in total. The average molecular weight is 321 g/mol. The lowest BCUT2D eigenvalue weighted by molar-refractivity contribution is -0.173. The van der Waals surface area contributed by atoms with Crippen LogP contribution in [0.15, 0.2) is 36.5 Å². The average Bonchev–Trinajstić information content (AvgIpc) is 2.55. The van der Waals surface area contributed by atoms with Gasteiger partial charge < -0.3 is 9.47 Å². The van der Waals surface area contributed by atoms with Gasteiger partial charge in [0.15, 0.2) is 0 Å². The van der Waals surface area contributed by atoms with E-state index in [9.17, 15) is 13.6 Å².